The van der Waals surface area contributed by atoms with E-state index in [9.17, 15) is 38.4 Å². The Labute approximate surface area is 381 Å². The minimum Gasteiger partial charge on any atom is -0.480 e. The van der Waals surface area contributed by atoms with Gasteiger partial charge in [0, 0.05) is 6.85 Å². The Morgan fingerprint density at radius 3 is 0.891 bits per heavy atom. The quantitative estimate of drug-likeness (QED) is 0.0969. The molecule has 0 radical (unpaired) electrons. The number of methoxy groups -OCH3 is 1. The smallest absolute Gasteiger partial charge is 0.408 e. The van der Waals surface area contributed by atoms with E-state index in [2.05, 4.69) is 20.7 Å². The maximum absolute atomic E-state index is 11.5. The number of carboxylic acid groups (broad SMARTS) is 5. The van der Waals surface area contributed by atoms with Crippen LogP contribution < -0.4 is 27.4 Å². The number of carboxylic acids is 5. The number of benzene rings is 2. The normalized spacial score (nSPS) is 14.5. The highest BCUT2D eigenvalue weighted by molar-refractivity contribution is 5.81. The fraction of sp³-hybridized carbons (Fsp3) is 0.535. The number of nitrogens with one attached hydrogen (secondary N) is 3. The first kappa shape index (κ1) is 51.9. The van der Waals surface area contributed by atoms with E-state index in [0.717, 1.165) is 18.2 Å². The maximum atomic E-state index is 11.5. The highest BCUT2D eigenvalue weighted by atomic mass is 16.6. The van der Waals surface area contributed by atoms with E-state index in [4.69, 9.17) is 53.3 Å². The van der Waals surface area contributed by atoms with Crippen LogP contribution in [0.3, 0.4) is 0 Å². The summed E-state index contributed by atoms with van der Waals surface area (Å²) in [6.07, 6.45) is -2.55. The lowest BCUT2D eigenvalue weighted by atomic mass is 10.1. The molecule has 0 spiro atoms. The van der Waals surface area contributed by atoms with Crippen LogP contribution in [0.4, 0.5) is 14.4 Å². The molecule has 21 heteroatoms. The van der Waals surface area contributed by atoms with Gasteiger partial charge in [-0.1, -0.05) is 130 Å². The summed E-state index contributed by atoms with van der Waals surface area (Å²) in [5, 5.41) is 49.5. The molecule has 2 rings (SSSR count). The molecule has 0 fully saturated rings. The number of nitrogens with two attached hydrogens (primary N) is 2. The van der Waals surface area contributed by atoms with Crippen molar-refractivity contribution in [2.24, 2.45) is 40.9 Å². The Balaban J connectivity index is -0.000000819. The van der Waals surface area contributed by atoms with Gasteiger partial charge in [-0.3, -0.25) is 9.59 Å². The molecule has 2 aromatic rings. The van der Waals surface area contributed by atoms with E-state index in [1.165, 1.54) is 69.2 Å². The second kappa shape index (κ2) is 34.1. The molecular weight excluding hydrogens is 842 g/mol. The fourth-order valence-electron chi connectivity index (χ4n) is 3.80. The number of ether oxygens (including phenoxy) is 3. The van der Waals surface area contributed by atoms with Gasteiger partial charge in [0.25, 0.3) is 0 Å². The lowest BCUT2D eigenvalue weighted by molar-refractivity contribution is -0.141. The van der Waals surface area contributed by atoms with Crippen LogP contribution in [0, 0.1) is 29.5 Å². The average Bonchev–Trinajstić information content (AvgIpc) is 3.21. The predicted octanol–water partition coefficient (Wildman–Crippen LogP) is 4.60. The summed E-state index contributed by atoms with van der Waals surface area (Å²) in [5.41, 5.74) is 11.8. The van der Waals surface area contributed by atoms with E-state index in [1.54, 1.807) is 24.3 Å². The van der Waals surface area contributed by atoms with Gasteiger partial charge in [0.2, 0.25) is 0 Å². The van der Waals surface area contributed by atoms with Crippen molar-refractivity contribution < 1.29 is 85.0 Å². The summed E-state index contributed by atoms with van der Waals surface area (Å²) in [6, 6.07) is 11.9. The summed E-state index contributed by atoms with van der Waals surface area (Å²) in [7, 11) is 1.13. The summed E-state index contributed by atoms with van der Waals surface area (Å²) in [6.45, 7) is 14.4. The molecule has 0 heterocycles. The molecule has 64 heavy (non-hydrogen) atoms. The molecule has 362 valence electrons. The number of hydrogen-bond acceptors (Lipinski definition) is 13. The van der Waals surface area contributed by atoms with Crippen LogP contribution in [-0.2, 0) is 51.4 Å². The summed E-state index contributed by atoms with van der Waals surface area (Å²) < 4.78 is 51.1. The van der Waals surface area contributed by atoms with Crippen LogP contribution in [0.5, 0.6) is 0 Å². The standard InChI is InChI=1S/2C13H17NO4.C7H13NO4.2C5H11NO2/c2*1-9(2)11(12(15)16)14-13(17)18-8-10-6-4-3-5-7-10;1-4(2)5(6(9)10)8-7(11)12-3;2*1-3(2)4(6)5(7)8/h2*3-7,9,11H,8H2,1-2H3,(H,14,17)(H,15,16);4-5H,1-3H3,(H,8,11)(H,9,10);2*3-4H,6H2,1-2H3,(H,7,8)/i2*9D;4D;2*3D. The number of alkyl carbamates (subject to hydrolysis) is 3. The maximum Gasteiger partial charge on any atom is 0.408 e. The van der Waals surface area contributed by atoms with Crippen molar-refractivity contribution in [3.8, 4) is 0 Å². The highest BCUT2D eigenvalue weighted by Gasteiger charge is 2.26. The molecule has 0 bridgehead atoms. The third-order valence-corrected chi connectivity index (χ3v) is 7.65. The summed E-state index contributed by atoms with van der Waals surface area (Å²) in [4.78, 5) is 86.4. The lowest BCUT2D eigenvalue weighted by Gasteiger charge is -2.17. The highest BCUT2D eigenvalue weighted by Crippen LogP contribution is 2.06. The van der Waals surface area contributed by atoms with Crippen molar-refractivity contribution in [2.45, 2.75) is 113 Å². The van der Waals surface area contributed by atoms with E-state index in [1.807, 2.05) is 36.4 Å². The minimum absolute atomic E-state index is 0.0530. The van der Waals surface area contributed by atoms with Crippen LogP contribution in [0.25, 0.3) is 0 Å². The molecule has 5 unspecified atom stereocenters. The van der Waals surface area contributed by atoms with Crippen LogP contribution >= 0.6 is 0 Å². The second-order valence-electron chi connectivity index (χ2n) is 14.4. The van der Waals surface area contributed by atoms with Gasteiger partial charge in [0.15, 0.2) is 0 Å². The second-order valence-corrected chi connectivity index (χ2v) is 14.4. The molecule has 2 aromatic carbocycles. The Bertz CT molecular complexity index is 1820. The van der Waals surface area contributed by atoms with Gasteiger partial charge in [-0.05, 0) is 40.6 Å². The van der Waals surface area contributed by atoms with E-state index in [0.29, 0.717) is 0 Å². The fourth-order valence-corrected chi connectivity index (χ4v) is 3.80. The lowest BCUT2D eigenvalue weighted by Crippen LogP contribution is -2.44. The van der Waals surface area contributed by atoms with Crippen molar-refractivity contribution in [2.75, 3.05) is 7.11 Å². The van der Waals surface area contributed by atoms with Crippen molar-refractivity contribution >= 4 is 48.1 Å². The summed E-state index contributed by atoms with van der Waals surface area (Å²) >= 11 is 0. The molecule has 5 atom stereocenters. The number of hydrogen-bond donors (Lipinski definition) is 10. The SMILES string of the molecule is [2H]C(C)(C)C(N)C(=O)O.[2H]C(C)(C)C(N)C(=O)O.[2H]C(C)(C)C(NC(=O)OC)C(=O)O.[2H]C(C)(C)C(NC(=O)OCc1ccccc1)C(=O)O.[2H]C(C)(C)C(NC(=O)OCc1ccccc1)C(=O)O. The van der Waals surface area contributed by atoms with Crippen molar-refractivity contribution in [1.82, 2.24) is 16.0 Å². The molecule has 21 nitrogen and oxygen atoms in total. The number of carbonyl (C=O) groups is 8. The van der Waals surface area contributed by atoms with E-state index < -0.39 is 108 Å². The van der Waals surface area contributed by atoms with Crippen molar-refractivity contribution in [3.63, 3.8) is 0 Å². The van der Waals surface area contributed by atoms with Gasteiger partial charge in [0.1, 0.15) is 43.4 Å². The van der Waals surface area contributed by atoms with Gasteiger partial charge in [0.05, 0.1) is 7.11 Å². The Hall–Kier alpha value is -6.48. The van der Waals surface area contributed by atoms with Gasteiger partial charge in [-0.25, -0.2) is 28.8 Å². The largest absolute Gasteiger partial charge is 0.480 e. The van der Waals surface area contributed by atoms with E-state index in [-0.39, 0.29) is 13.2 Å². The van der Waals surface area contributed by atoms with Crippen molar-refractivity contribution in [3.05, 3.63) is 71.8 Å². The third kappa shape index (κ3) is 30.5. The number of carbonyl (C=O) groups excluding carboxylic acids is 3. The zero-order chi connectivity index (χ0) is 54.9. The molecule has 12 N–H and O–H groups in total. The molecule has 3 amide bonds. The summed E-state index contributed by atoms with van der Waals surface area (Å²) in [5.74, 6) is -12.2. The van der Waals surface area contributed by atoms with Crippen LogP contribution in [-0.4, -0.2) is 111 Å². The minimum atomic E-state index is -1.34. The Morgan fingerprint density at radius 2 is 0.719 bits per heavy atom. The topological polar surface area (TPSA) is 354 Å². The average molecular weight is 917 g/mol. The molecular formula is C43H69N5O16. The van der Waals surface area contributed by atoms with Crippen LogP contribution in [0.2, 0.25) is 0 Å². The van der Waals surface area contributed by atoms with Gasteiger partial charge < -0.3 is 67.2 Å². The number of amides is 3. The Kier molecular flexibility index (Phi) is 27.6. The first-order valence-corrected chi connectivity index (χ1v) is 19.0. The zero-order valence-corrected chi connectivity index (χ0v) is 38.0. The first-order chi connectivity index (χ1) is 31.1. The molecule has 0 saturated heterocycles. The monoisotopic (exact) mass is 917 g/mol. The predicted molar refractivity (Wildman–Crippen MR) is 235 cm³/mol. The zero-order valence-electron chi connectivity index (χ0n) is 43.0. The van der Waals surface area contributed by atoms with Crippen LogP contribution in [0.15, 0.2) is 60.7 Å². The number of aliphatic carboxylic acids is 5. The molecule has 0 aliphatic rings. The molecule has 0 aliphatic heterocycles. The van der Waals surface area contributed by atoms with Gasteiger partial charge in [-0.15, -0.1) is 0 Å². The molecule has 0 aromatic heterocycles. The number of rotatable bonds is 17. The van der Waals surface area contributed by atoms with Gasteiger partial charge >= 0.3 is 48.1 Å². The molecule has 0 aliphatic carbocycles. The van der Waals surface area contributed by atoms with Crippen molar-refractivity contribution in [1.29, 1.82) is 0 Å². The first-order valence-electron chi connectivity index (χ1n) is 21.5. The molecule has 0 saturated carbocycles. The Morgan fingerprint density at radius 1 is 0.469 bits per heavy atom. The third-order valence-electron chi connectivity index (χ3n) is 7.65. The van der Waals surface area contributed by atoms with E-state index >= 15 is 0 Å². The van der Waals surface area contributed by atoms with Crippen LogP contribution in [0.1, 0.15) is 87.2 Å². The van der Waals surface area contributed by atoms with Gasteiger partial charge in [-0.2, -0.15) is 0 Å².